The Hall–Kier alpha value is -0.455. The maximum atomic E-state index is 11.9. The molecule has 100 valence electrons. The van der Waals surface area contributed by atoms with Crippen LogP contribution in [0.25, 0.3) is 0 Å². The zero-order chi connectivity index (χ0) is 14.3. The molecule has 0 bridgehead atoms. The van der Waals surface area contributed by atoms with Crippen molar-refractivity contribution < 1.29 is 43.2 Å². The van der Waals surface area contributed by atoms with Gasteiger partial charge in [-0.1, -0.05) is 6.32 Å². The quantitative estimate of drug-likeness (QED) is 0.570. The summed E-state index contributed by atoms with van der Waals surface area (Å²) in [5.74, 6) is 0. The highest BCUT2D eigenvalue weighted by molar-refractivity contribution is 8.09. The lowest BCUT2D eigenvalue weighted by atomic mass is 10.1. The molecule has 0 N–H and O–H groups in total. The van der Waals surface area contributed by atoms with E-state index in [9.17, 15) is 43.2 Å². The summed E-state index contributed by atoms with van der Waals surface area (Å²) in [7, 11) is -8.74. The molecule has 0 aliphatic carbocycles. The van der Waals surface area contributed by atoms with Gasteiger partial charge in [-0.05, 0) is 0 Å². The molecule has 0 aliphatic heterocycles. The van der Waals surface area contributed by atoms with Crippen LogP contribution in [0.5, 0.6) is 0 Å². The van der Waals surface area contributed by atoms with Crippen molar-refractivity contribution in [3.63, 3.8) is 0 Å². The van der Waals surface area contributed by atoms with Gasteiger partial charge in [-0.2, -0.15) is 26.3 Å². The molecule has 0 amide bonds. The van der Waals surface area contributed by atoms with Gasteiger partial charge >= 0.3 is 11.0 Å². The minimum absolute atomic E-state index is 1.86. The maximum absolute atomic E-state index is 11.9. The van der Waals surface area contributed by atoms with E-state index in [2.05, 4.69) is 7.85 Å². The highest BCUT2D eigenvalue weighted by Gasteiger charge is 2.61. The van der Waals surface area contributed by atoms with Gasteiger partial charge in [0.15, 0.2) is 4.58 Å². The van der Waals surface area contributed by atoms with Crippen LogP contribution >= 0.6 is 0 Å². The topological polar surface area (TPSA) is 68.3 Å². The smallest absolute Gasteiger partial charge is 0.218 e. The van der Waals surface area contributed by atoms with Crippen molar-refractivity contribution in [1.82, 2.24) is 0 Å². The summed E-state index contributed by atoms with van der Waals surface area (Å²) in [6.45, 7) is 0. The van der Waals surface area contributed by atoms with Gasteiger partial charge in [0.2, 0.25) is 0 Å². The van der Waals surface area contributed by atoms with E-state index < -0.39 is 41.6 Å². The second-order valence-electron chi connectivity index (χ2n) is 2.65. The molecule has 17 heavy (non-hydrogen) atoms. The Morgan fingerprint density at radius 3 is 1.18 bits per heavy atom. The first-order valence-electron chi connectivity index (χ1n) is 3.50. The summed E-state index contributed by atoms with van der Waals surface area (Å²) >= 11 is 0. The predicted molar refractivity (Wildman–Crippen MR) is 44.3 cm³/mol. The van der Waals surface area contributed by atoms with Gasteiger partial charge in [-0.15, -0.1) is 0 Å². The predicted octanol–water partition coefficient (Wildman–Crippen LogP) is 0.768. The van der Waals surface area contributed by atoms with E-state index in [1.165, 1.54) is 0 Å². The van der Waals surface area contributed by atoms with Gasteiger partial charge in [-0.25, -0.2) is 16.8 Å². The lowest BCUT2D eigenvalue weighted by molar-refractivity contribution is -0.0469. The third-order valence-electron chi connectivity index (χ3n) is 1.53. The van der Waals surface area contributed by atoms with Crippen molar-refractivity contribution in [2.75, 3.05) is 0 Å². The van der Waals surface area contributed by atoms with Gasteiger partial charge in [0, 0.05) is 0 Å². The van der Waals surface area contributed by atoms with E-state index in [-0.39, 0.29) is 0 Å². The lowest BCUT2D eigenvalue weighted by Gasteiger charge is -2.19. The third-order valence-corrected chi connectivity index (χ3v) is 6.11. The number of halogens is 6. The van der Waals surface area contributed by atoms with Crippen LogP contribution in [-0.4, -0.2) is 40.3 Å². The van der Waals surface area contributed by atoms with Crippen LogP contribution in [0, 0.1) is 0 Å². The molecule has 4 nitrogen and oxygen atoms in total. The van der Waals surface area contributed by atoms with Gasteiger partial charge in [-0.3, -0.25) is 0 Å². The fourth-order valence-electron chi connectivity index (χ4n) is 0.718. The van der Waals surface area contributed by atoms with Gasteiger partial charge in [0.05, 0.1) is 7.85 Å². The van der Waals surface area contributed by atoms with E-state index in [0.717, 1.165) is 0 Å². The monoisotopic (exact) mass is 304 g/mol. The Morgan fingerprint density at radius 2 is 1.06 bits per heavy atom. The zero-order valence-electron chi connectivity index (χ0n) is 7.58. The molecule has 13 heteroatoms. The fourth-order valence-corrected chi connectivity index (χ4v) is 3.81. The first-order chi connectivity index (χ1) is 7.19. The Balaban J connectivity index is 5.90. The summed E-state index contributed by atoms with van der Waals surface area (Å²) < 4.78 is 110. The van der Waals surface area contributed by atoms with Gasteiger partial charge in [0.25, 0.3) is 19.7 Å². The molecule has 0 aromatic heterocycles. The van der Waals surface area contributed by atoms with Crippen LogP contribution in [0.2, 0.25) is 6.32 Å². The zero-order valence-corrected chi connectivity index (χ0v) is 9.21. The second-order valence-corrected chi connectivity index (χ2v) is 7.19. The Kier molecular flexibility index (Phi) is 4.22. The van der Waals surface area contributed by atoms with Crippen molar-refractivity contribution in [1.29, 1.82) is 0 Å². The summed E-state index contributed by atoms with van der Waals surface area (Å²) in [5, 5.41) is 0. The number of hydrogen-bond acceptors (Lipinski definition) is 4. The molecule has 2 radical (unpaired) electrons. The minimum Gasteiger partial charge on any atom is -0.218 e. The second kappa shape index (κ2) is 4.33. The van der Waals surface area contributed by atoms with E-state index in [1.807, 2.05) is 0 Å². The van der Waals surface area contributed by atoms with E-state index >= 15 is 0 Å². The number of hydrogen-bond donors (Lipinski definition) is 0. The lowest BCUT2D eigenvalue weighted by Crippen LogP contribution is -2.44. The number of rotatable bonds is 3. The molecule has 0 aromatic rings. The van der Waals surface area contributed by atoms with Crippen molar-refractivity contribution >= 4 is 27.5 Å². The summed E-state index contributed by atoms with van der Waals surface area (Å²) in [6.07, 6.45) is -1.86. The fraction of sp³-hybridized carbons (Fsp3) is 1.00. The van der Waals surface area contributed by atoms with Crippen LogP contribution in [-0.2, 0) is 19.7 Å². The maximum Gasteiger partial charge on any atom is 0.498 e. The van der Waals surface area contributed by atoms with E-state index in [1.54, 1.807) is 0 Å². The summed E-state index contributed by atoms with van der Waals surface area (Å²) in [4.78, 5) is 0. The highest BCUT2D eigenvalue weighted by atomic mass is 32.3. The molecule has 0 aromatic carbocycles. The SMILES string of the molecule is [B]CC(S(=O)(=O)C(F)(F)F)S(=O)(=O)C(F)(F)F. The van der Waals surface area contributed by atoms with Crippen LogP contribution in [0.4, 0.5) is 26.3 Å². The standard InChI is InChI=1S/C4H3BF6O4S2/c5-1-2(16(12,13)3(6,7)8)17(14,15)4(9,10)11/h2H,1H2. The summed E-state index contributed by atoms with van der Waals surface area (Å²) in [5.41, 5.74) is -12.3. The Bertz CT molecular complexity index is 429. The molecule has 0 saturated carbocycles. The van der Waals surface area contributed by atoms with Crippen molar-refractivity contribution in [2.24, 2.45) is 0 Å². The summed E-state index contributed by atoms with van der Waals surface area (Å²) in [6, 6.07) is 0. The van der Waals surface area contributed by atoms with Crippen LogP contribution in [0.15, 0.2) is 0 Å². The number of sulfone groups is 2. The van der Waals surface area contributed by atoms with Gasteiger partial charge in [0.1, 0.15) is 0 Å². The molecule has 0 unspecified atom stereocenters. The minimum atomic E-state index is -6.56. The molecule has 0 fully saturated rings. The molecular weight excluding hydrogens is 301 g/mol. The van der Waals surface area contributed by atoms with E-state index in [0.29, 0.717) is 0 Å². The first-order valence-corrected chi connectivity index (χ1v) is 6.59. The third kappa shape index (κ3) is 2.87. The van der Waals surface area contributed by atoms with Crippen LogP contribution in [0.3, 0.4) is 0 Å². The normalized spacial score (nSPS) is 15.2. The van der Waals surface area contributed by atoms with Gasteiger partial charge < -0.3 is 0 Å². The molecule has 0 heterocycles. The average Bonchev–Trinajstić information content (AvgIpc) is 1.99. The van der Waals surface area contributed by atoms with Crippen LogP contribution in [0.1, 0.15) is 0 Å². The Morgan fingerprint density at radius 1 is 0.824 bits per heavy atom. The molecule has 0 rings (SSSR count). The Labute approximate surface area is 93.2 Å². The van der Waals surface area contributed by atoms with Crippen molar-refractivity contribution in [2.45, 2.75) is 21.9 Å². The van der Waals surface area contributed by atoms with Crippen molar-refractivity contribution in [3.8, 4) is 0 Å². The molecule has 0 aliphatic rings. The molecule has 0 saturated heterocycles. The molecule has 0 spiro atoms. The molecule has 0 atom stereocenters. The largest absolute Gasteiger partial charge is 0.498 e. The molecular formula is C4H3BF6O4S2. The first kappa shape index (κ1) is 16.5. The average molecular weight is 304 g/mol. The van der Waals surface area contributed by atoms with Crippen LogP contribution < -0.4 is 0 Å². The van der Waals surface area contributed by atoms with Crippen molar-refractivity contribution in [3.05, 3.63) is 0 Å². The van der Waals surface area contributed by atoms with E-state index in [4.69, 9.17) is 0 Å². The highest BCUT2D eigenvalue weighted by Crippen LogP contribution is 2.37. The number of alkyl halides is 6.